The second-order valence-electron chi connectivity index (χ2n) is 5.98. The van der Waals surface area contributed by atoms with Gasteiger partial charge in [0.1, 0.15) is 28.9 Å². The lowest BCUT2D eigenvalue weighted by Gasteiger charge is -2.05. The summed E-state index contributed by atoms with van der Waals surface area (Å²) in [7, 11) is 1.53. The molecule has 3 aromatic rings. The van der Waals surface area contributed by atoms with E-state index in [9.17, 15) is 20.2 Å². The Morgan fingerprint density at radius 3 is 2.60 bits per heavy atom. The van der Waals surface area contributed by atoms with Gasteiger partial charge in [-0.2, -0.15) is 5.26 Å². The molecule has 0 spiro atoms. The van der Waals surface area contributed by atoms with Crippen LogP contribution >= 0.6 is 11.6 Å². The summed E-state index contributed by atoms with van der Waals surface area (Å²) in [5.74, 6) is 0.498. The molecule has 0 radical (unpaired) electrons. The van der Waals surface area contributed by atoms with Crippen molar-refractivity contribution in [2.24, 2.45) is 0 Å². The van der Waals surface area contributed by atoms with Crippen LogP contribution in [0.3, 0.4) is 0 Å². The summed E-state index contributed by atoms with van der Waals surface area (Å²) in [6.07, 6.45) is 1.27. The molecule has 0 fully saturated rings. The summed E-state index contributed by atoms with van der Waals surface area (Å²) in [6.45, 7) is 0. The maximum absolute atomic E-state index is 12.4. The summed E-state index contributed by atoms with van der Waals surface area (Å²) in [6, 6.07) is 15.5. The van der Waals surface area contributed by atoms with Crippen LogP contribution in [-0.2, 0) is 4.79 Å². The number of furan rings is 1. The fourth-order valence-electron chi connectivity index (χ4n) is 2.55. The second-order valence-corrected chi connectivity index (χ2v) is 6.38. The average molecular weight is 424 g/mol. The number of nitriles is 1. The van der Waals surface area contributed by atoms with Crippen LogP contribution in [0.5, 0.6) is 5.75 Å². The molecule has 0 aliphatic carbocycles. The van der Waals surface area contributed by atoms with Crippen LogP contribution in [0.4, 0.5) is 11.4 Å². The average Bonchev–Trinajstić information content (AvgIpc) is 3.21. The standard InChI is InChI=1S/C21H14ClN3O5/c1-29-16-5-2-14(3-6-16)24-21(26)13(12-23)10-17-7-9-20(30-17)18-11-15(25(27)28)4-8-19(18)22/h2-11H,1H3,(H,24,26). The number of carbonyl (C=O) groups excluding carboxylic acids is 1. The summed E-state index contributed by atoms with van der Waals surface area (Å²) < 4.78 is 10.7. The zero-order valence-electron chi connectivity index (χ0n) is 15.6. The normalized spacial score (nSPS) is 10.9. The van der Waals surface area contributed by atoms with Gasteiger partial charge in [0.25, 0.3) is 11.6 Å². The van der Waals surface area contributed by atoms with Crippen molar-refractivity contribution in [3.8, 4) is 23.1 Å². The van der Waals surface area contributed by atoms with Gasteiger partial charge in [0.2, 0.25) is 0 Å². The van der Waals surface area contributed by atoms with E-state index in [4.69, 9.17) is 20.8 Å². The number of nitrogens with zero attached hydrogens (tertiary/aromatic N) is 2. The summed E-state index contributed by atoms with van der Waals surface area (Å²) in [5, 5.41) is 23.2. The molecular weight excluding hydrogens is 410 g/mol. The number of anilines is 1. The SMILES string of the molecule is COc1ccc(NC(=O)C(C#N)=Cc2ccc(-c3cc([N+](=O)[O-])ccc3Cl)o2)cc1. The van der Waals surface area contributed by atoms with E-state index in [1.807, 2.05) is 6.07 Å². The third kappa shape index (κ3) is 4.66. The number of benzene rings is 2. The van der Waals surface area contributed by atoms with Crippen molar-refractivity contribution in [2.45, 2.75) is 0 Å². The Morgan fingerprint density at radius 2 is 1.97 bits per heavy atom. The first-order valence-electron chi connectivity index (χ1n) is 8.52. The minimum atomic E-state index is -0.617. The molecule has 2 aromatic carbocycles. The van der Waals surface area contributed by atoms with Crippen molar-refractivity contribution in [2.75, 3.05) is 12.4 Å². The number of methoxy groups -OCH3 is 1. The third-order valence-corrected chi connectivity index (χ3v) is 4.38. The molecule has 1 heterocycles. The van der Waals surface area contributed by atoms with E-state index in [-0.39, 0.29) is 27.8 Å². The van der Waals surface area contributed by atoms with Gasteiger partial charge in [-0.3, -0.25) is 14.9 Å². The van der Waals surface area contributed by atoms with Gasteiger partial charge < -0.3 is 14.5 Å². The number of nitro groups is 1. The number of ether oxygens (including phenoxy) is 1. The van der Waals surface area contributed by atoms with Crippen molar-refractivity contribution in [3.05, 3.63) is 81.1 Å². The van der Waals surface area contributed by atoms with Crippen LogP contribution in [0.15, 0.2) is 64.6 Å². The number of halogens is 1. The number of carbonyl (C=O) groups is 1. The maximum atomic E-state index is 12.4. The van der Waals surface area contributed by atoms with Crippen molar-refractivity contribution in [1.82, 2.24) is 0 Å². The summed E-state index contributed by atoms with van der Waals surface area (Å²) in [5.41, 5.74) is 0.494. The van der Waals surface area contributed by atoms with Gasteiger partial charge in [-0.25, -0.2) is 0 Å². The largest absolute Gasteiger partial charge is 0.497 e. The molecular formula is C21H14ClN3O5. The Hall–Kier alpha value is -4.09. The van der Waals surface area contributed by atoms with Crippen molar-refractivity contribution in [1.29, 1.82) is 5.26 Å². The molecule has 150 valence electrons. The fraction of sp³-hybridized carbons (Fsp3) is 0.0476. The first kappa shape index (κ1) is 20.6. The van der Waals surface area contributed by atoms with Gasteiger partial charge in [0, 0.05) is 29.5 Å². The zero-order chi connectivity index (χ0) is 21.7. The van der Waals surface area contributed by atoms with E-state index in [0.717, 1.165) is 0 Å². The lowest BCUT2D eigenvalue weighted by molar-refractivity contribution is -0.384. The highest BCUT2D eigenvalue weighted by molar-refractivity contribution is 6.33. The molecule has 0 unspecified atom stereocenters. The van der Waals surface area contributed by atoms with Crippen molar-refractivity contribution < 1.29 is 18.9 Å². The van der Waals surface area contributed by atoms with Crippen molar-refractivity contribution >= 4 is 35.0 Å². The number of rotatable bonds is 6. The van der Waals surface area contributed by atoms with E-state index in [1.54, 1.807) is 30.3 Å². The Morgan fingerprint density at radius 1 is 1.23 bits per heavy atom. The smallest absolute Gasteiger partial charge is 0.270 e. The number of hydrogen-bond donors (Lipinski definition) is 1. The summed E-state index contributed by atoms with van der Waals surface area (Å²) in [4.78, 5) is 22.8. The molecule has 0 saturated carbocycles. The lowest BCUT2D eigenvalue weighted by Crippen LogP contribution is -2.13. The fourth-order valence-corrected chi connectivity index (χ4v) is 2.77. The highest BCUT2D eigenvalue weighted by Gasteiger charge is 2.15. The molecule has 30 heavy (non-hydrogen) atoms. The van der Waals surface area contributed by atoms with Crippen LogP contribution < -0.4 is 10.1 Å². The molecule has 0 saturated heterocycles. The molecule has 8 nitrogen and oxygen atoms in total. The Bertz CT molecular complexity index is 1180. The Balaban J connectivity index is 1.83. The van der Waals surface area contributed by atoms with Crippen LogP contribution in [0.2, 0.25) is 5.02 Å². The quantitative estimate of drug-likeness (QED) is 0.256. The first-order chi connectivity index (χ1) is 14.4. The molecule has 3 rings (SSSR count). The zero-order valence-corrected chi connectivity index (χ0v) is 16.3. The van der Waals surface area contributed by atoms with Crippen LogP contribution in [0.1, 0.15) is 5.76 Å². The minimum Gasteiger partial charge on any atom is -0.497 e. The van der Waals surface area contributed by atoms with Crippen molar-refractivity contribution in [3.63, 3.8) is 0 Å². The van der Waals surface area contributed by atoms with Gasteiger partial charge in [-0.05, 0) is 42.5 Å². The van der Waals surface area contributed by atoms with E-state index in [0.29, 0.717) is 17.0 Å². The molecule has 1 amide bonds. The highest BCUT2D eigenvalue weighted by atomic mass is 35.5. The molecule has 0 aliphatic rings. The predicted octanol–water partition coefficient (Wildman–Crippen LogP) is 5.06. The number of amides is 1. The molecule has 0 atom stereocenters. The predicted molar refractivity (Wildman–Crippen MR) is 111 cm³/mol. The number of nitrogens with one attached hydrogen (secondary N) is 1. The first-order valence-corrected chi connectivity index (χ1v) is 8.90. The van der Waals surface area contributed by atoms with Crippen LogP contribution in [0.25, 0.3) is 17.4 Å². The number of non-ortho nitro benzene ring substituents is 1. The van der Waals surface area contributed by atoms with Crippen LogP contribution in [-0.4, -0.2) is 17.9 Å². The summed E-state index contributed by atoms with van der Waals surface area (Å²) >= 11 is 6.12. The molecule has 0 bridgehead atoms. The van der Waals surface area contributed by atoms with Gasteiger partial charge in [0.15, 0.2) is 0 Å². The minimum absolute atomic E-state index is 0.139. The van der Waals surface area contributed by atoms with E-state index >= 15 is 0 Å². The molecule has 9 heteroatoms. The number of nitro benzene ring substituents is 1. The van der Waals surface area contributed by atoms with Gasteiger partial charge in [-0.15, -0.1) is 0 Å². The van der Waals surface area contributed by atoms with E-state index < -0.39 is 10.8 Å². The van der Waals surface area contributed by atoms with Crippen LogP contribution in [0, 0.1) is 21.4 Å². The molecule has 1 aromatic heterocycles. The Labute approximate surface area is 176 Å². The third-order valence-electron chi connectivity index (χ3n) is 4.05. The van der Waals surface area contributed by atoms with E-state index in [1.165, 1.54) is 37.5 Å². The molecule has 1 N–H and O–H groups in total. The van der Waals surface area contributed by atoms with Gasteiger partial charge in [-0.1, -0.05) is 11.6 Å². The molecule has 0 aliphatic heterocycles. The van der Waals surface area contributed by atoms with Gasteiger partial charge in [0.05, 0.1) is 17.1 Å². The van der Waals surface area contributed by atoms with E-state index in [2.05, 4.69) is 5.32 Å². The topological polar surface area (TPSA) is 118 Å². The second kappa shape index (κ2) is 8.94. The maximum Gasteiger partial charge on any atom is 0.270 e. The Kier molecular flexibility index (Phi) is 6.15. The van der Waals surface area contributed by atoms with Gasteiger partial charge >= 0.3 is 0 Å². The number of hydrogen-bond acceptors (Lipinski definition) is 6. The highest BCUT2D eigenvalue weighted by Crippen LogP contribution is 2.33. The lowest BCUT2D eigenvalue weighted by atomic mass is 10.1. The monoisotopic (exact) mass is 423 g/mol.